The van der Waals surface area contributed by atoms with Crippen LogP contribution in [-0.2, 0) is 0 Å². The van der Waals surface area contributed by atoms with Crippen LogP contribution in [0.15, 0.2) is 30.3 Å². The molecule has 2 aromatic carbocycles. The summed E-state index contributed by atoms with van der Waals surface area (Å²) in [5.41, 5.74) is 6.50. The number of hydrogen-bond acceptors (Lipinski definition) is 2. The predicted molar refractivity (Wildman–Crippen MR) is 76.2 cm³/mol. The number of terminal acetylenes is 1. The largest absolute Gasteiger partial charge is 0.478 e. The van der Waals surface area contributed by atoms with E-state index in [9.17, 15) is 14.3 Å². The molecule has 0 saturated carbocycles. The first-order chi connectivity index (χ1) is 9.45. The van der Waals surface area contributed by atoms with Gasteiger partial charge in [-0.25, -0.2) is 9.18 Å². The zero-order valence-corrected chi connectivity index (χ0v) is 10.9. The number of anilines is 1. The second-order valence-corrected chi connectivity index (χ2v) is 4.44. The highest BCUT2D eigenvalue weighted by Gasteiger charge is 2.20. The van der Waals surface area contributed by atoms with Crippen LogP contribution in [0.1, 0.15) is 15.9 Å². The van der Waals surface area contributed by atoms with Crippen LogP contribution in [0.2, 0.25) is 5.02 Å². The molecule has 100 valence electrons. The molecule has 0 amide bonds. The minimum Gasteiger partial charge on any atom is -0.478 e. The van der Waals surface area contributed by atoms with Crippen molar-refractivity contribution in [3.8, 4) is 23.5 Å². The minimum absolute atomic E-state index is 0.0444. The van der Waals surface area contributed by atoms with Crippen LogP contribution in [0.4, 0.5) is 10.1 Å². The topological polar surface area (TPSA) is 63.3 Å². The van der Waals surface area contributed by atoms with Gasteiger partial charge in [0.15, 0.2) is 0 Å². The van der Waals surface area contributed by atoms with E-state index < -0.39 is 11.8 Å². The smallest absolute Gasteiger partial charge is 0.336 e. The third kappa shape index (κ3) is 2.31. The van der Waals surface area contributed by atoms with Crippen molar-refractivity contribution in [3.05, 3.63) is 52.3 Å². The van der Waals surface area contributed by atoms with Crippen LogP contribution in [-0.4, -0.2) is 11.1 Å². The SMILES string of the molecule is C#Cc1c(Cl)cc(C(=O)O)c(-c2cccc(F)c2)c1N. The van der Waals surface area contributed by atoms with E-state index in [1.807, 2.05) is 0 Å². The molecule has 20 heavy (non-hydrogen) atoms. The number of carboxylic acid groups (broad SMARTS) is 1. The van der Waals surface area contributed by atoms with E-state index in [0.29, 0.717) is 5.56 Å². The zero-order valence-electron chi connectivity index (χ0n) is 10.2. The van der Waals surface area contributed by atoms with E-state index in [0.717, 1.165) is 0 Å². The molecule has 0 atom stereocenters. The van der Waals surface area contributed by atoms with Gasteiger partial charge in [-0.3, -0.25) is 0 Å². The summed E-state index contributed by atoms with van der Waals surface area (Å²) in [7, 11) is 0. The number of nitrogens with two attached hydrogens (primary N) is 1. The van der Waals surface area contributed by atoms with Crippen LogP contribution in [0.3, 0.4) is 0 Å². The summed E-state index contributed by atoms with van der Waals surface area (Å²) in [6.07, 6.45) is 5.32. The molecule has 0 bridgehead atoms. The Bertz CT molecular complexity index is 750. The Morgan fingerprint density at radius 3 is 2.65 bits per heavy atom. The van der Waals surface area contributed by atoms with Crippen molar-refractivity contribution in [1.82, 2.24) is 0 Å². The molecule has 0 heterocycles. The first-order valence-electron chi connectivity index (χ1n) is 5.53. The lowest BCUT2D eigenvalue weighted by molar-refractivity contribution is 0.0698. The van der Waals surface area contributed by atoms with Gasteiger partial charge in [-0.15, -0.1) is 6.42 Å². The molecule has 3 nitrogen and oxygen atoms in total. The van der Waals surface area contributed by atoms with Gasteiger partial charge >= 0.3 is 5.97 Å². The van der Waals surface area contributed by atoms with Crippen LogP contribution >= 0.6 is 11.6 Å². The maximum absolute atomic E-state index is 13.3. The quantitative estimate of drug-likeness (QED) is 0.658. The maximum atomic E-state index is 13.3. The lowest BCUT2D eigenvalue weighted by Gasteiger charge is -2.13. The molecule has 0 aliphatic heterocycles. The van der Waals surface area contributed by atoms with Gasteiger partial charge < -0.3 is 10.8 Å². The van der Waals surface area contributed by atoms with Gasteiger partial charge in [0.1, 0.15) is 5.82 Å². The zero-order chi connectivity index (χ0) is 14.9. The molecule has 0 fully saturated rings. The summed E-state index contributed by atoms with van der Waals surface area (Å²) in [6.45, 7) is 0. The van der Waals surface area contributed by atoms with E-state index in [1.165, 1.54) is 24.3 Å². The third-order valence-electron chi connectivity index (χ3n) is 2.81. The molecule has 0 aliphatic carbocycles. The molecular formula is C15H9ClFNO2. The molecule has 0 radical (unpaired) electrons. The number of hydrogen-bond donors (Lipinski definition) is 2. The van der Waals surface area contributed by atoms with Crippen molar-refractivity contribution in [2.45, 2.75) is 0 Å². The lowest BCUT2D eigenvalue weighted by Crippen LogP contribution is -2.05. The molecule has 3 N–H and O–H groups in total. The summed E-state index contributed by atoms with van der Waals surface area (Å²) in [6, 6.07) is 6.66. The van der Waals surface area contributed by atoms with Crippen molar-refractivity contribution < 1.29 is 14.3 Å². The average Bonchev–Trinajstić information content (AvgIpc) is 2.38. The highest BCUT2D eigenvalue weighted by Crippen LogP contribution is 2.36. The highest BCUT2D eigenvalue weighted by molar-refractivity contribution is 6.33. The summed E-state index contributed by atoms with van der Waals surface area (Å²) in [5, 5.41) is 9.32. The number of carboxylic acids is 1. The standard InChI is InChI=1S/C15H9ClFNO2/c1-2-10-12(16)7-11(15(19)20)13(14(10)18)8-4-3-5-9(17)6-8/h1,3-7H,18H2,(H,19,20). The number of benzene rings is 2. The van der Waals surface area contributed by atoms with Gasteiger partial charge in [-0.2, -0.15) is 0 Å². The van der Waals surface area contributed by atoms with Crippen molar-refractivity contribution in [3.63, 3.8) is 0 Å². The van der Waals surface area contributed by atoms with Crippen molar-refractivity contribution in [2.75, 3.05) is 5.73 Å². The van der Waals surface area contributed by atoms with Crippen molar-refractivity contribution in [2.24, 2.45) is 0 Å². The molecule has 0 unspecified atom stereocenters. The number of rotatable bonds is 2. The number of halogens is 2. The summed E-state index contributed by atoms with van der Waals surface area (Å²) < 4.78 is 13.3. The second kappa shape index (κ2) is 5.24. The van der Waals surface area contributed by atoms with Gasteiger partial charge in [0.25, 0.3) is 0 Å². The summed E-state index contributed by atoms with van der Waals surface area (Å²) >= 11 is 5.91. The highest BCUT2D eigenvalue weighted by atomic mass is 35.5. The molecule has 0 spiro atoms. The molecule has 0 aromatic heterocycles. The Morgan fingerprint density at radius 1 is 1.40 bits per heavy atom. The minimum atomic E-state index is -1.22. The Morgan fingerprint density at radius 2 is 2.10 bits per heavy atom. The maximum Gasteiger partial charge on any atom is 0.336 e. The second-order valence-electron chi connectivity index (χ2n) is 4.03. The predicted octanol–water partition coefficient (Wildman–Crippen LogP) is 3.41. The van der Waals surface area contributed by atoms with Gasteiger partial charge in [0, 0.05) is 5.56 Å². The monoisotopic (exact) mass is 289 g/mol. The van der Waals surface area contributed by atoms with Crippen molar-refractivity contribution in [1.29, 1.82) is 0 Å². The first-order valence-corrected chi connectivity index (χ1v) is 5.91. The molecule has 0 aliphatic rings. The van der Waals surface area contributed by atoms with Crippen LogP contribution in [0, 0.1) is 18.2 Å². The average molecular weight is 290 g/mol. The number of aromatic carboxylic acids is 1. The van der Waals surface area contributed by atoms with E-state index >= 15 is 0 Å². The van der Waals surface area contributed by atoms with Gasteiger partial charge in [0.05, 0.1) is 21.8 Å². The van der Waals surface area contributed by atoms with Crippen molar-refractivity contribution >= 4 is 23.3 Å². The molecule has 2 rings (SSSR count). The fraction of sp³-hybridized carbons (Fsp3) is 0. The summed E-state index contributed by atoms with van der Waals surface area (Å²) in [5.74, 6) is 0.586. The van der Waals surface area contributed by atoms with Crippen LogP contribution in [0.25, 0.3) is 11.1 Å². The summed E-state index contributed by atoms with van der Waals surface area (Å²) in [4.78, 5) is 11.3. The normalized spacial score (nSPS) is 10.1. The third-order valence-corrected chi connectivity index (χ3v) is 3.10. The molecule has 0 saturated heterocycles. The van der Waals surface area contributed by atoms with Gasteiger partial charge in [-0.05, 0) is 23.8 Å². The Kier molecular flexibility index (Phi) is 3.64. The Hall–Kier alpha value is -2.51. The van der Waals surface area contributed by atoms with E-state index in [-0.39, 0.29) is 27.4 Å². The molecular weight excluding hydrogens is 281 g/mol. The molecule has 2 aromatic rings. The van der Waals surface area contributed by atoms with Gasteiger partial charge in [0.2, 0.25) is 0 Å². The van der Waals surface area contributed by atoms with Crippen LogP contribution in [0.5, 0.6) is 0 Å². The van der Waals surface area contributed by atoms with E-state index in [1.54, 1.807) is 6.07 Å². The number of nitrogen functional groups attached to an aromatic ring is 1. The fourth-order valence-electron chi connectivity index (χ4n) is 1.94. The number of carbonyl (C=O) groups is 1. The first kappa shape index (κ1) is 13.9. The van der Waals surface area contributed by atoms with E-state index in [2.05, 4.69) is 5.92 Å². The Labute approximate surface area is 119 Å². The van der Waals surface area contributed by atoms with Crippen LogP contribution < -0.4 is 5.73 Å². The van der Waals surface area contributed by atoms with E-state index in [4.69, 9.17) is 23.8 Å². The lowest BCUT2D eigenvalue weighted by atomic mass is 9.94. The van der Waals surface area contributed by atoms with Gasteiger partial charge in [-0.1, -0.05) is 29.7 Å². The fourth-order valence-corrected chi connectivity index (χ4v) is 2.21. The Balaban J connectivity index is 2.86. The molecule has 5 heteroatoms.